The Labute approximate surface area is 151 Å². The second kappa shape index (κ2) is 8.24. The Bertz CT molecular complexity index is 769. The number of benzene rings is 1. The third-order valence-corrected chi connectivity index (χ3v) is 4.32. The topological polar surface area (TPSA) is 82.6 Å². The van der Waals surface area contributed by atoms with Gasteiger partial charge in [-0.25, -0.2) is 0 Å². The maximum atomic E-state index is 12.5. The van der Waals surface area contributed by atoms with E-state index in [0.717, 1.165) is 12.0 Å². The van der Waals surface area contributed by atoms with Crippen molar-refractivity contribution >= 4 is 18.2 Å². The van der Waals surface area contributed by atoms with Crippen LogP contribution >= 0.6 is 0 Å². The largest absolute Gasteiger partial charge is 0.348 e. The van der Waals surface area contributed by atoms with E-state index in [-0.39, 0.29) is 11.8 Å². The number of rotatable bonds is 5. The first-order valence-corrected chi connectivity index (χ1v) is 8.43. The molecule has 7 nitrogen and oxygen atoms in total. The van der Waals surface area contributed by atoms with Gasteiger partial charge in [0.1, 0.15) is 0 Å². The molecule has 1 N–H and O–H groups in total. The van der Waals surface area contributed by atoms with Crippen LogP contribution in [0.1, 0.15) is 26.3 Å². The van der Waals surface area contributed by atoms with Gasteiger partial charge in [0.15, 0.2) is 0 Å². The third-order valence-electron chi connectivity index (χ3n) is 4.32. The maximum absolute atomic E-state index is 12.5. The average molecular weight is 352 g/mol. The van der Waals surface area contributed by atoms with Gasteiger partial charge in [-0.1, -0.05) is 6.07 Å². The SMILES string of the molecule is O=CN1CCN(C(=O)c2ccc(C(=O)NCc3cccnc3)cc2)CC1. The van der Waals surface area contributed by atoms with Gasteiger partial charge < -0.3 is 15.1 Å². The fourth-order valence-electron chi connectivity index (χ4n) is 2.76. The molecular weight excluding hydrogens is 332 g/mol. The standard InChI is InChI=1S/C19H20N4O3/c24-14-22-8-10-23(11-9-22)19(26)17-5-3-16(4-6-17)18(25)21-13-15-2-1-7-20-12-15/h1-7,12,14H,8-11,13H2,(H,21,25). The molecule has 0 atom stereocenters. The number of hydrogen-bond donors (Lipinski definition) is 1. The van der Waals surface area contributed by atoms with Crippen LogP contribution in [0.15, 0.2) is 48.8 Å². The summed E-state index contributed by atoms with van der Waals surface area (Å²) in [4.78, 5) is 42.8. The van der Waals surface area contributed by atoms with Gasteiger partial charge in [0.25, 0.3) is 11.8 Å². The van der Waals surface area contributed by atoms with Gasteiger partial charge in [-0.15, -0.1) is 0 Å². The molecule has 0 aliphatic carbocycles. The van der Waals surface area contributed by atoms with Gasteiger partial charge in [0, 0.05) is 56.2 Å². The predicted molar refractivity (Wildman–Crippen MR) is 95.4 cm³/mol. The smallest absolute Gasteiger partial charge is 0.253 e. The average Bonchev–Trinajstić information content (AvgIpc) is 2.72. The third kappa shape index (κ3) is 4.24. The first-order valence-electron chi connectivity index (χ1n) is 8.43. The molecule has 0 bridgehead atoms. The molecule has 0 radical (unpaired) electrons. The summed E-state index contributed by atoms with van der Waals surface area (Å²) in [5, 5.41) is 2.83. The second-order valence-corrected chi connectivity index (χ2v) is 6.05. The van der Waals surface area contributed by atoms with Crippen LogP contribution in [-0.4, -0.2) is 59.2 Å². The van der Waals surface area contributed by atoms with E-state index in [1.807, 2.05) is 12.1 Å². The Morgan fingerprint density at radius 2 is 1.73 bits per heavy atom. The van der Waals surface area contributed by atoms with E-state index in [0.29, 0.717) is 43.9 Å². The minimum atomic E-state index is -0.201. The highest BCUT2D eigenvalue weighted by Crippen LogP contribution is 2.10. The molecule has 1 aliphatic rings. The zero-order chi connectivity index (χ0) is 18.4. The van der Waals surface area contributed by atoms with Crippen molar-refractivity contribution in [2.75, 3.05) is 26.2 Å². The zero-order valence-electron chi connectivity index (χ0n) is 14.3. The van der Waals surface area contributed by atoms with Crippen molar-refractivity contribution < 1.29 is 14.4 Å². The number of nitrogens with one attached hydrogen (secondary N) is 1. The fourth-order valence-corrected chi connectivity index (χ4v) is 2.76. The van der Waals surface area contributed by atoms with Crippen LogP contribution in [0.5, 0.6) is 0 Å². The van der Waals surface area contributed by atoms with Crippen molar-refractivity contribution in [3.8, 4) is 0 Å². The maximum Gasteiger partial charge on any atom is 0.253 e. The number of amides is 3. The number of nitrogens with zero attached hydrogens (tertiary/aromatic N) is 3. The molecule has 3 amide bonds. The lowest BCUT2D eigenvalue weighted by Gasteiger charge is -2.32. The number of carbonyl (C=O) groups is 3. The molecule has 7 heteroatoms. The van der Waals surface area contributed by atoms with Crippen LogP contribution in [0.4, 0.5) is 0 Å². The molecule has 1 aromatic heterocycles. The van der Waals surface area contributed by atoms with Crippen LogP contribution in [-0.2, 0) is 11.3 Å². The first kappa shape index (κ1) is 17.6. The van der Waals surface area contributed by atoms with E-state index in [9.17, 15) is 14.4 Å². The van der Waals surface area contributed by atoms with E-state index in [1.165, 1.54) is 0 Å². The van der Waals surface area contributed by atoms with Crippen LogP contribution in [0.2, 0.25) is 0 Å². The lowest BCUT2D eigenvalue weighted by molar-refractivity contribution is -0.119. The molecule has 1 saturated heterocycles. The summed E-state index contributed by atoms with van der Waals surface area (Å²) in [6.45, 7) is 2.53. The second-order valence-electron chi connectivity index (χ2n) is 6.05. The molecule has 2 aromatic rings. The highest BCUT2D eigenvalue weighted by Gasteiger charge is 2.21. The first-order chi connectivity index (χ1) is 12.7. The van der Waals surface area contributed by atoms with Crippen molar-refractivity contribution in [2.24, 2.45) is 0 Å². The Kier molecular flexibility index (Phi) is 5.58. The fraction of sp³-hybridized carbons (Fsp3) is 0.263. The van der Waals surface area contributed by atoms with E-state index in [4.69, 9.17) is 0 Å². The molecule has 0 spiro atoms. The van der Waals surface area contributed by atoms with Gasteiger partial charge in [0.05, 0.1) is 0 Å². The molecule has 1 aliphatic heterocycles. The highest BCUT2D eigenvalue weighted by atomic mass is 16.2. The van der Waals surface area contributed by atoms with E-state index < -0.39 is 0 Å². The monoisotopic (exact) mass is 352 g/mol. The van der Waals surface area contributed by atoms with Crippen LogP contribution < -0.4 is 5.32 Å². The normalized spacial score (nSPS) is 14.0. The zero-order valence-corrected chi connectivity index (χ0v) is 14.3. The number of aromatic nitrogens is 1. The van der Waals surface area contributed by atoms with Crippen LogP contribution in [0.25, 0.3) is 0 Å². The molecule has 1 fully saturated rings. The lowest BCUT2D eigenvalue weighted by Crippen LogP contribution is -2.48. The highest BCUT2D eigenvalue weighted by molar-refractivity contribution is 5.97. The Morgan fingerprint density at radius 1 is 1.04 bits per heavy atom. The summed E-state index contributed by atoms with van der Waals surface area (Å²) >= 11 is 0. The number of carbonyl (C=O) groups excluding carboxylic acids is 3. The van der Waals surface area contributed by atoms with Crippen molar-refractivity contribution in [3.05, 3.63) is 65.5 Å². The number of hydrogen-bond acceptors (Lipinski definition) is 4. The molecule has 134 valence electrons. The van der Waals surface area contributed by atoms with Gasteiger partial charge in [-0.3, -0.25) is 19.4 Å². The minimum absolute atomic E-state index is 0.0853. The molecule has 1 aromatic carbocycles. The number of piperazine rings is 1. The lowest BCUT2D eigenvalue weighted by atomic mass is 10.1. The molecule has 3 rings (SSSR count). The Morgan fingerprint density at radius 3 is 2.35 bits per heavy atom. The summed E-state index contributed by atoms with van der Waals surface area (Å²) < 4.78 is 0. The Hall–Kier alpha value is -3.22. The van der Waals surface area contributed by atoms with E-state index in [1.54, 1.807) is 46.5 Å². The van der Waals surface area contributed by atoms with Crippen molar-refractivity contribution in [3.63, 3.8) is 0 Å². The van der Waals surface area contributed by atoms with Crippen molar-refractivity contribution in [1.82, 2.24) is 20.1 Å². The molecular formula is C19H20N4O3. The summed E-state index contributed by atoms with van der Waals surface area (Å²) in [6, 6.07) is 10.3. The van der Waals surface area contributed by atoms with Crippen LogP contribution in [0.3, 0.4) is 0 Å². The van der Waals surface area contributed by atoms with Gasteiger partial charge >= 0.3 is 0 Å². The molecule has 26 heavy (non-hydrogen) atoms. The molecule has 0 unspecified atom stereocenters. The summed E-state index contributed by atoms with van der Waals surface area (Å²) in [7, 11) is 0. The van der Waals surface area contributed by atoms with Gasteiger partial charge in [0.2, 0.25) is 6.41 Å². The molecule has 2 heterocycles. The quantitative estimate of drug-likeness (QED) is 0.812. The van der Waals surface area contributed by atoms with Crippen LogP contribution in [0, 0.1) is 0 Å². The Balaban J connectivity index is 1.56. The molecule has 0 saturated carbocycles. The van der Waals surface area contributed by atoms with Gasteiger partial charge in [-0.2, -0.15) is 0 Å². The predicted octanol–water partition coefficient (Wildman–Crippen LogP) is 0.926. The van der Waals surface area contributed by atoms with E-state index >= 15 is 0 Å². The van der Waals surface area contributed by atoms with Gasteiger partial charge in [-0.05, 0) is 35.9 Å². The minimum Gasteiger partial charge on any atom is -0.348 e. The summed E-state index contributed by atoms with van der Waals surface area (Å²) in [5.41, 5.74) is 1.95. The van der Waals surface area contributed by atoms with Crippen molar-refractivity contribution in [1.29, 1.82) is 0 Å². The summed E-state index contributed by atoms with van der Waals surface area (Å²) in [6.07, 6.45) is 4.19. The van der Waals surface area contributed by atoms with Crippen molar-refractivity contribution in [2.45, 2.75) is 6.54 Å². The summed E-state index contributed by atoms with van der Waals surface area (Å²) in [5.74, 6) is -0.287. The number of pyridine rings is 1. The van der Waals surface area contributed by atoms with E-state index in [2.05, 4.69) is 10.3 Å².